The van der Waals surface area contributed by atoms with Crippen molar-refractivity contribution in [1.82, 2.24) is 14.5 Å². The number of fused-ring (bicyclic) bond motifs is 3. The predicted octanol–water partition coefficient (Wildman–Crippen LogP) is 10.8. The summed E-state index contributed by atoms with van der Waals surface area (Å²) in [6.07, 6.45) is 2.80. The van der Waals surface area contributed by atoms with Crippen molar-refractivity contribution in [2.45, 2.75) is 0 Å². The fraction of sp³-hybridized carbons (Fsp3) is 0. The number of aromatic nitrogens is 3. The quantitative estimate of drug-likeness (QED) is 0.123. The molecule has 8 rings (SSSR count). The summed E-state index contributed by atoms with van der Waals surface area (Å²) in [5.74, 6) is -5.29. The van der Waals surface area contributed by atoms with Crippen LogP contribution >= 0.6 is 0 Å². The van der Waals surface area contributed by atoms with Crippen LogP contribution in [0.1, 0.15) is 0 Å². The molecule has 3 aromatic heterocycles. The van der Waals surface area contributed by atoms with Gasteiger partial charge in [0.25, 0.3) is 0 Å². The molecule has 0 saturated heterocycles. The number of nitrogens with zero attached hydrogens (tertiary/aromatic N) is 3. The molecule has 5 aromatic carbocycles. The summed E-state index contributed by atoms with van der Waals surface area (Å²) in [7, 11) is 0. The van der Waals surface area contributed by atoms with Crippen LogP contribution in [0.25, 0.3) is 61.1 Å². The van der Waals surface area contributed by atoms with Gasteiger partial charge in [-0.2, -0.15) is 6.07 Å². The molecule has 0 unspecified atom stereocenters. The number of hydrogen-bond donors (Lipinski definition) is 0. The van der Waals surface area contributed by atoms with E-state index < -0.39 is 34.9 Å². The van der Waals surface area contributed by atoms with Gasteiger partial charge >= 0.3 is 21.1 Å². The number of halogens is 6. The van der Waals surface area contributed by atoms with Crippen LogP contribution in [0.3, 0.4) is 0 Å². The van der Waals surface area contributed by atoms with Crippen molar-refractivity contribution in [3.05, 3.63) is 163 Å². The van der Waals surface area contributed by atoms with Crippen LogP contribution in [0.15, 0.2) is 116 Å². The van der Waals surface area contributed by atoms with E-state index in [9.17, 15) is 26.3 Å². The Morgan fingerprint density at radius 3 is 1.84 bits per heavy atom. The molecular weight excluding hydrogens is 848 g/mol. The fourth-order valence-electron chi connectivity index (χ4n) is 6.01. The molecule has 0 saturated carbocycles. The molecule has 0 N–H and O–H groups in total. The SMILES string of the molecule is Fc1cc(F)c(-c2ccnc(-c3[c-]c(Oc4[c-]c5c(cc4)c4ccccc4n5-c4cc(-c5c(F)cc(F)cc5F)ccn4)ccc3)c2)c(F)c1.[Pt+2]. The zero-order valence-corrected chi connectivity index (χ0v) is 28.1. The smallest absolute Gasteiger partial charge is 0.503 e. The average molecular weight is 867 g/mol. The second kappa shape index (κ2) is 13.5. The maximum Gasteiger partial charge on any atom is 2.00 e. The summed E-state index contributed by atoms with van der Waals surface area (Å²) in [5, 5.41) is 1.67. The minimum atomic E-state index is -1.04. The molecule has 11 heteroatoms. The summed E-state index contributed by atoms with van der Waals surface area (Å²) < 4.78 is 93.6. The van der Waals surface area contributed by atoms with Gasteiger partial charge in [-0.05, 0) is 46.5 Å². The maximum atomic E-state index is 14.7. The first-order valence-corrected chi connectivity index (χ1v) is 15.1. The van der Waals surface area contributed by atoms with Crippen molar-refractivity contribution in [2.75, 3.05) is 0 Å². The minimum absolute atomic E-state index is 0. The van der Waals surface area contributed by atoms with E-state index in [2.05, 4.69) is 22.1 Å². The normalized spacial score (nSPS) is 11.2. The van der Waals surface area contributed by atoms with Crippen LogP contribution in [0.5, 0.6) is 11.5 Å². The Labute approximate surface area is 300 Å². The van der Waals surface area contributed by atoms with Gasteiger partial charge in [-0.25, -0.2) is 31.3 Å². The van der Waals surface area contributed by atoms with Gasteiger partial charge in [0, 0.05) is 53.7 Å². The Hall–Kier alpha value is -5.73. The van der Waals surface area contributed by atoms with E-state index in [4.69, 9.17) is 4.74 Å². The molecule has 0 aliphatic heterocycles. The number of benzene rings is 5. The van der Waals surface area contributed by atoms with Gasteiger partial charge in [0.2, 0.25) is 0 Å². The third-order valence-corrected chi connectivity index (χ3v) is 8.15. The minimum Gasteiger partial charge on any atom is -0.503 e. The Morgan fingerprint density at radius 2 is 1.16 bits per heavy atom. The van der Waals surface area contributed by atoms with Crippen LogP contribution in [0.4, 0.5) is 26.3 Å². The van der Waals surface area contributed by atoms with E-state index >= 15 is 0 Å². The third-order valence-electron chi connectivity index (χ3n) is 8.15. The molecule has 8 aromatic rings. The number of ether oxygens (including phenoxy) is 1. The Bertz CT molecular complexity index is 2580. The van der Waals surface area contributed by atoms with E-state index in [-0.39, 0.29) is 49.1 Å². The Kier molecular flexibility index (Phi) is 8.95. The Balaban J connectivity index is 0.00000406. The van der Waals surface area contributed by atoms with Gasteiger partial charge in [-0.15, -0.1) is 41.3 Å². The second-order valence-corrected chi connectivity index (χ2v) is 11.3. The van der Waals surface area contributed by atoms with Crippen LogP contribution in [-0.4, -0.2) is 14.5 Å². The number of hydrogen-bond acceptors (Lipinski definition) is 3. The molecular formula is C40H19F6N3OPt. The molecule has 0 spiro atoms. The first-order chi connectivity index (χ1) is 24.2. The number of para-hydroxylation sites is 1. The molecule has 0 aliphatic rings. The van der Waals surface area contributed by atoms with Crippen LogP contribution in [0, 0.1) is 47.0 Å². The summed E-state index contributed by atoms with van der Waals surface area (Å²) in [6.45, 7) is 0. The van der Waals surface area contributed by atoms with Crippen molar-refractivity contribution in [3.63, 3.8) is 0 Å². The topological polar surface area (TPSA) is 39.9 Å². The fourth-order valence-corrected chi connectivity index (χ4v) is 6.01. The largest absolute Gasteiger partial charge is 2.00 e. The van der Waals surface area contributed by atoms with Crippen molar-refractivity contribution in [2.24, 2.45) is 0 Å². The van der Waals surface area contributed by atoms with Crippen LogP contribution < -0.4 is 4.74 Å². The first kappa shape index (κ1) is 33.8. The summed E-state index contributed by atoms with van der Waals surface area (Å²) >= 11 is 0. The zero-order valence-electron chi connectivity index (χ0n) is 25.8. The van der Waals surface area contributed by atoms with Gasteiger partial charge in [-0.3, -0.25) is 0 Å². The second-order valence-electron chi connectivity index (χ2n) is 11.3. The number of pyridine rings is 2. The molecule has 51 heavy (non-hydrogen) atoms. The van der Waals surface area contributed by atoms with Gasteiger partial charge in [0.05, 0.1) is 11.1 Å². The van der Waals surface area contributed by atoms with E-state index in [1.54, 1.807) is 28.8 Å². The van der Waals surface area contributed by atoms with Crippen LogP contribution in [0.2, 0.25) is 0 Å². The van der Waals surface area contributed by atoms with Crippen molar-refractivity contribution < 1.29 is 52.1 Å². The molecule has 3 heterocycles. The standard InChI is InChI=1S/C40H19F6N3O.Pt/c41-25-17-31(43)39(32(44)18-25)23-10-12-47-35(15-23)22-4-3-5-27(14-22)50-28-8-9-30-29-6-1-2-7-36(29)49(37(30)21-28)38-16-24(11-13-48-38)40-33(45)19-26(42)20-34(40)46;/h1-13,15-20H;/q-2;+2. The maximum absolute atomic E-state index is 14.7. The van der Waals surface area contributed by atoms with Crippen molar-refractivity contribution in [3.8, 4) is 50.8 Å². The van der Waals surface area contributed by atoms with E-state index in [1.165, 1.54) is 36.7 Å². The van der Waals surface area contributed by atoms with Crippen molar-refractivity contribution in [1.29, 1.82) is 0 Å². The molecule has 0 bridgehead atoms. The summed E-state index contributed by atoms with van der Waals surface area (Å²) in [4.78, 5) is 8.82. The van der Waals surface area contributed by atoms with E-state index in [0.29, 0.717) is 52.6 Å². The van der Waals surface area contributed by atoms with Gasteiger partial charge < -0.3 is 14.3 Å². The van der Waals surface area contributed by atoms with Crippen LogP contribution in [-0.2, 0) is 21.1 Å². The summed E-state index contributed by atoms with van der Waals surface area (Å²) in [6, 6.07) is 30.9. The van der Waals surface area contributed by atoms with Gasteiger partial charge in [0.15, 0.2) is 0 Å². The molecule has 0 radical (unpaired) electrons. The zero-order chi connectivity index (χ0) is 34.5. The first-order valence-electron chi connectivity index (χ1n) is 15.1. The Morgan fingerprint density at radius 1 is 0.549 bits per heavy atom. The van der Waals surface area contributed by atoms with E-state index in [0.717, 1.165) is 16.3 Å². The van der Waals surface area contributed by atoms with Gasteiger partial charge in [0.1, 0.15) is 40.7 Å². The molecule has 4 nitrogen and oxygen atoms in total. The molecule has 0 atom stereocenters. The predicted molar refractivity (Wildman–Crippen MR) is 177 cm³/mol. The van der Waals surface area contributed by atoms with E-state index in [1.807, 2.05) is 30.3 Å². The van der Waals surface area contributed by atoms with Crippen molar-refractivity contribution >= 4 is 21.8 Å². The molecule has 252 valence electrons. The third kappa shape index (κ3) is 6.27. The molecule has 0 amide bonds. The average Bonchev–Trinajstić information content (AvgIpc) is 3.41. The monoisotopic (exact) mass is 866 g/mol. The number of rotatable bonds is 6. The molecule has 0 aliphatic carbocycles. The van der Waals surface area contributed by atoms with Gasteiger partial charge in [-0.1, -0.05) is 35.8 Å². The molecule has 0 fully saturated rings. The summed E-state index contributed by atoms with van der Waals surface area (Å²) in [5.41, 5.74) is 1.67.